The van der Waals surface area contributed by atoms with Crippen molar-refractivity contribution in [3.05, 3.63) is 90.5 Å². The lowest BCUT2D eigenvalue weighted by Crippen LogP contribution is -2.39. The molecule has 4 heteroatoms. The normalized spacial score (nSPS) is 28.1. The molecule has 4 aromatic carbocycles. The summed E-state index contributed by atoms with van der Waals surface area (Å²) in [7, 11) is 0. The van der Waals surface area contributed by atoms with Gasteiger partial charge in [-0.3, -0.25) is 0 Å². The maximum Gasteiger partial charge on any atom is 0.123 e. The van der Waals surface area contributed by atoms with Crippen LogP contribution in [0, 0.1) is 11.8 Å². The number of aromatic hydroxyl groups is 1. The van der Waals surface area contributed by atoms with E-state index in [2.05, 4.69) is 101 Å². The summed E-state index contributed by atoms with van der Waals surface area (Å²) >= 11 is 0. The Labute approximate surface area is 267 Å². The summed E-state index contributed by atoms with van der Waals surface area (Å²) in [5.74, 6) is 2.59. The molecular weight excluding hydrogens is 550 g/mol. The van der Waals surface area contributed by atoms with Crippen molar-refractivity contribution in [1.29, 1.82) is 0 Å². The quantitative estimate of drug-likeness (QED) is 0.217. The molecule has 1 aromatic heterocycles. The van der Waals surface area contributed by atoms with Crippen molar-refractivity contribution >= 4 is 27.5 Å². The first kappa shape index (κ1) is 27.5. The third-order valence-corrected chi connectivity index (χ3v) is 12.0. The molecule has 4 unspecified atom stereocenters. The van der Waals surface area contributed by atoms with E-state index in [9.17, 15) is 5.11 Å². The molecule has 6 atom stereocenters. The molecule has 0 amide bonds. The van der Waals surface area contributed by atoms with E-state index in [1.165, 1.54) is 90.1 Å². The lowest BCUT2D eigenvalue weighted by molar-refractivity contribution is 0.231. The number of nitrogens with one attached hydrogen (secondary N) is 1. The molecule has 4 nitrogen and oxygen atoms in total. The fraction of sp³-hybridized carbons (Fsp3) is 0.415. The lowest BCUT2D eigenvalue weighted by Gasteiger charge is -2.36. The van der Waals surface area contributed by atoms with E-state index in [1.54, 1.807) is 0 Å². The van der Waals surface area contributed by atoms with E-state index in [0.29, 0.717) is 29.8 Å². The smallest absolute Gasteiger partial charge is 0.123 e. The van der Waals surface area contributed by atoms with Crippen LogP contribution in [0.4, 0.5) is 5.69 Å². The molecule has 2 aliphatic heterocycles. The minimum atomic E-state index is 0.348. The average molecular weight is 596 g/mol. The van der Waals surface area contributed by atoms with Crippen LogP contribution in [0.2, 0.25) is 0 Å². The van der Waals surface area contributed by atoms with Crippen LogP contribution in [0.25, 0.3) is 38.6 Å². The number of rotatable bonds is 4. The van der Waals surface area contributed by atoms with Crippen LogP contribution >= 0.6 is 0 Å². The van der Waals surface area contributed by atoms with E-state index in [0.717, 1.165) is 35.9 Å². The number of phenolic OH excluding ortho intramolecular Hbond substituents is 1. The molecule has 0 bridgehead atoms. The van der Waals surface area contributed by atoms with Crippen molar-refractivity contribution in [2.45, 2.75) is 88.8 Å². The highest BCUT2D eigenvalue weighted by Gasteiger charge is 2.49. The Morgan fingerprint density at radius 1 is 0.689 bits per heavy atom. The van der Waals surface area contributed by atoms with E-state index < -0.39 is 0 Å². The molecule has 45 heavy (non-hydrogen) atoms. The predicted octanol–water partition coefficient (Wildman–Crippen LogP) is 9.56. The van der Waals surface area contributed by atoms with E-state index in [-0.39, 0.29) is 0 Å². The monoisotopic (exact) mass is 595 g/mol. The summed E-state index contributed by atoms with van der Waals surface area (Å²) in [5, 5.41) is 17.1. The Morgan fingerprint density at radius 3 is 2.20 bits per heavy atom. The summed E-state index contributed by atoms with van der Waals surface area (Å²) in [6, 6.07) is 33.2. The summed E-state index contributed by atoms with van der Waals surface area (Å²) < 4.78 is 2.46. The van der Waals surface area contributed by atoms with Crippen molar-refractivity contribution in [2.24, 2.45) is 11.8 Å². The summed E-state index contributed by atoms with van der Waals surface area (Å²) in [6.45, 7) is 3.25. The summed E-state index contributed by atoms with van der Waals surface area (Å²) in [4.78, 5) is 2.89. The number of phenols is 1. The van der Waals surface area contributed by atoms with Gasteiger partial charge in [0.25, 0.3) is 0 Å². The highest BCUT2D eigenvalue weighted by Crippen LogP contribution is 2.51. The van der Waals surface area contributed by atoms with Crippen molar-refractivity contribution < 1.29 is 5.11 Å². The fourth-order valence-electron chi connectivity index (χ4n) is 10.0. The zero-order chi connectivity index (χ0) is 30.1. The third-order valence-electron chi connectivity index (χ3n) is 12.0. The fourth-order valence-corrected chi connectivity index (χ4v) is 10.0. The topological polar surface area (TPSA) is 40.4 Å². The third kappa shape index (κ3) is 4.51. The second kappa shape index (κ2) is 10.9. The Bertz CT molecular complexity index is 1870. The van der Waals surface area contributed by atoms with E-state index >= 15 is 0 Å². The molecule has 2 saturated carbocycles. The Morgan fingerprint density at radius 2 is 1.42 bits per heavy atom. The molecule has 3 heterocycles. The number of aromatic nitrogens is 1. The Hall–Kier alpha value is -3.76. The molecule has 4 fully saturated rings. The van der Waals surface area contributed by atoms with Gasteiger partial charge < -0.3 is 19.9 Å². The number of benzene rings is 4. The molecule has 2 saturated heterocycles. The number of fused-ring (bicyclic) bond motifs is 6. The van der Waals surface area contributed by atoms with E-state index in [1.807, 2.05) is 6.07 Å². The van der Waals surface area contributed by atoms with Crippen LogP contribution in [0.15, 0.2) is 84.9 Å². The van der Waals surface area contributed by atoms with Gasteiger partial charge in [0.05, 0.1) is 11.0 Å². The molecule has 0 radical (unpaired) electrons. The van der Waals surface area contributed by atoms with Gasteiger partial charge in [-0.05, 0) is 116 Å². The first-order valence-electron chi connectivity index (χ1n) is 17.6. The highest BCUT2D eigenvalue weighted by atomic mass is 16.3. The minimum Gasteiger partial charge on any atom is -0.507 e. The predicted molar refractivity (Wildman–Crippen MR) is 187 cm³/mol. The van der Waals surface area contributed by atoms with Gasteiger partial charge in [0.15, 0.2) is 0 Å². The molecule has 2 N–H and O–H groups in total. The second-order valence-corrected chi connectivity index (χ2v) is 14.6. The zero-order valence-electron chi connectivity index (χ0n) is 26.5. The van der Waals surface area contributed by atoms with E-state index in [4.69, 9.17) is 0 Å². The molecular formula is C41H45N3O. The molecule has 5 aromatic rings. The van der Waals surface area contributed by atoms with Gasteiger partial charge in [-0.25, -0.2) is 0 Å². The molecule has 0 spiro atoms. The number of para-hydroxylation sites is 1. The average Bonchev–Trinajstić information content (AvgIpc) is 3.76. The minimum absolute atomic E-state index is 0.348. The second-order valence-electron chi connectivity index (χ2n) is 14.6. The summed E-state index contributed by atoms with van der Waals surface area (Å²) in [6.07, 6.45) is 12.3. The summed E-state index contributed by atoms with van der Waals surface area (Å²) in [5.41, 5.74) is 8.41. The van der Waals surface area contributed by atoms with Crippen LogP contribution < -0.4 is 10.2 Å². The van der Waals surface area contributed by atoms with Gasteiger partial charge in [0.2, 0.25) is 0 Å². The van der Waals surface area contributed by atoms with Gasteiger partial charge in [-0.2, -0.15) is 0 Å². The van der Waals surface area contributed by atoms with Gasteiger partial charge in [-0.1, -0.05) is 62.1 Å². The van der Waals surface area contributed by atoms with Crippen molar-refractivity contribution in [3.63, 3.8) is 0 Å². The van der Waals surface area contributed by atoms with Crippen LogP contribution in [0.1, 0.15) is 76.2 Å². The van der Waals surface area contributed by atoms with Crippen LogP contribution in [-0.4, -0.2) is 34.3 Å². The maximum absolute atomic E-state index is 11.0. The Balaban J connectivity index is 1.14. The zero-order valence-corrected chi connectivity index (χ0v) is 26.5. The number of anilines is 1. The SMILES string of the molecule is C[C@H]1C[C@@H](c2ccc(O)c(-c3ccc4c(c3)c3ccccc3n4-c3cccc(N4C5CCCCC5C5CCCCC54)c3)c2)CN1. The van der Waals surface area contributed by atoms with Gasteiger partial charge in [0.1, 0.15) is 5.75 Å². The standard InChI is InChI=1S/C41H45N3O/c1-26-21-29(25-42-26)27-18-20-41(45)35(22-27)28-17-19-40-36(23-28)34-13-4-7-16-39(34)44(40)31-10-8-9-30(24-31)43-37-14-5-2-11-32(37)33-12-3-6-15-38(33)43/h4,7-10,13,16-20,22-24,26,29,32-33,37-38,42,45H,2-3,5-6,11-12,14-15,21,25H2,1H3/t26-,29+,32?,33?,37?,38?/m0/s1. The number of hydrogen-bond acceptors (Lipinski definition) is 3. The van der Waals surface area contributed by atoms with Gasteiger partial charge in [0, 0.05) is 52.4 Å². The number of hydrogen-bond donors (Lipinski definition) is 2. The highest BCUT2D eigenvalue weighted by molar-refractivity contribution is 6.10. The Kier molecular flexibility index (Phi) is 6.70. The molecule has 4 aliphatic rings. The first-order chi connectivity index (χ1) is 22.1. The van der Waals surface area contributed by atoms with Crippen molar-refractivity contribution in [3.8, 4) is 22.6 Å². The van der Waals surface area contributed by atoms with Crippen molar-refractivity contribution in [1.82, 2.24) is 9.88 Å². The number of nitrogens with zero attached hydrogens (tertiary/aromatic N) is 2. The van der Waals surface area contributed by atoms with Crippen LogP contribution in [0.5, 0.6) is 5.75 Å². The maximum atomic E-state index is 11.0. The molecule has 230 valence electrons. The largest absolute Gasteiger partial charge is 0.507 e. The van der Waals surface area contributed by atoms with Crippen LogP contribution in [-0.2, 0) is 0 Å². The first-order valence-corrected chi connectivity index (χ1v) is 17.6. The van der Waals surface area contributed by atoms with Gasteiger partial charge in [-0.15, -0.1) is 0 Å². The molecule has 2 aliphatic carbocycles. The van der Waals surface area contributed by atoms with Gasteiger partial charge >= 0.3 is 0 Å². The lowest BCUT2D eigenvalue weighted by atomic mass is 9.73. The van der Waals surface area contributed by atoms with Crippen molar-refractivity contribution in [2.75, 3.05) is 11.4 Å². The molecule has 9 rings (SSSR count). The van der Waals surface area contributed by atoms with Crippen LogP contribution in [0.3, 0.4) is 0 Å².